The van der Waals surface area contributed by atoms with Crippen molar-refractivity contribution in [3.8, 4) is 11.3 Å². The summed E-state index contributed by atoms with van der Waals surface area (Å²) in [5.41, 5.74) is 3.86. The predicted molar refractivity (Wildman–Crippen MR) is 98.1 cm³/mol. The fourth-order valence-corrected chi connectivity index (χ4v) is 3.07. The van der Waals surface area contributed by atoms with Crippen molar-refractivity contribution in [3.63, 3.8) is 0 Å². The highest BCUT2D eigenvalue weighted by atomic mass is 32.1. The summed E-state index contributed by atoms with van der Waals surface area (Å²) in [5.74, 6) is -0.548. The highest BCUT2D eigenvalue weighted by molar-refractivity contribution is 7.14. The SMILES string of the molecule is Cc1ccc(-c2csc(NC(=O)c3ccccc3[N+](=O)[O-])n2)cc1C. The van der Waals surface area contributed by atoms with Crippen LogP contribution in [0.4, 0.5) is 10.8 Å². The fourth-order valence-electron chi connectivity index (χ4n) is 2.35. The van der Waals surface area contributed by atoms with Gasteiger partial charge in [-0.15, -0.1) is 11.3 Å². The van der Waals surface area contributed by atoms with Crippen molar-refractivity contribution in [2.45, 2.75) is 13.8 Å². The monoisotopic (exact) mass is 353 g/mol. The Hall–Kier alpha value is -3.06. The molecule has 0 unspecified atom stereocenters. The molecule has 126 valence electrons. The van der Waals surface area contributed by atoms with Gasteiger partial charge in [-0.05, 0) is 37.1 Å². The molecule has 0 saturated heterocycles. The minimum absolute atomic E-state index is 0.00966. The molecule has 0 radical (unpaired) electrons. The van der Waals surface area contributed by atoms with Gasteiger partial charge in [-0.2, -0.15) is 0 Å². The largest absolute Gasteiger partial charge is 0.298 e. The summed E-state index contributed by atoms with van der Waals surface area (Å²) in [6.45, 7) is 4.07. The summed E-state index contributed by atoms with van der Waals surface area (Å²) in [6.07, 6.45) is 0. The highest BCUT2D eigenvalue weighted by Gasteiger charge is 2.20. The molecule has 6 nitrogen and oxygen atoms in total. The Morgan fingerprint density at radius 1 is 1.16 bits per heavy atom. The third-order valence-corrected chi connectivity index (χ3v) is 4.63. The van der Waals surface area contributed by atoms with Gasteiger partial charge in [0.1, 0.15) is 5.56 Å². The van der Waals surface area contributed by atoms with E-state index in [1.807, 2.05) is 37.4 Å². The van der Waals surface area contributed by atoms with Gasteiger partial charge in [-0.25, -0.2) is 4.98 Å². The minimum Gasteiger partial charge on any atom is -0.298 e. The molecule has 0 bridgehead atoms. The van der Waals surface area contributed by atoms with E-state index in [-0.39, 0.29) is 11.3 Å². The van der Waals surface area contributed by atoms with E-state index in [0.717, 1.165) is 16.8 Å². The van der Waals surface area contributed by atoms with Crippen LogP contribution in [0.15, 0.2) is 47.8 Å². The maximum Gasteiger partial charge on any atom is 0.282 e. The summed E-state index contributed by atoms with van der Waals surface area (Å²) in [6, 6.07) is 11.9. The van der Waals surface area contributed by atoms with Crippen LogP contribution >= 0.6 is 11.3 Å². The third-order valence-electron chi connectivity index (χ3n) is 3.87. The van der Waals surface area contributed by atoms with Crippen LogP contribution in [0.25, 0.3) is 11.3 Å². The van der Waals surface area contributed by atoms with E-state index in [1.165, 1.54) is 35.1 Å². The van der Waals surface area contributed by atoms with Crippen molar-refractivity contribution >= 4 is 28.1 Å². The summed E-state index contributed by atoms with van der Waals surface area (Å²) in [7, 11) is 0. The molecule has 1 aromatic heterocycles. The number of nitrogens with one attached hydrogen (secondary N) is 1. The first-order chi connectivity index (χ1) is 12.0. The van der Waals surface area contributed by atoms with Crippen LogP contribution in [0.1, 0.15) is 21.5 Å². The van der Waals surface area contributed by atoms with E-state index in [2.05, 4.69) is 10.3 Å². The third kappa shape index (κ3) is 3.56. The second kappa shape index (κ2) is 6.82. The average Bonchev–Trinajstić information content (AvgIpc) is 3.05. The van der Waals surface area contributed by atoms with Crippen LogP contribution in [-0.4, -0.2) is 15.8 Å². The number of carbonyl (C=O) groups excluding carboxylic acids is 1. The quantitative estimate of drug-likeness (QED) is 0.549. The Balaban J connectivity index is 1.83. The number of nitrogens with zero attached hydrogens (tertiary/aromatic N) is 2. The van der Waals surface area contributed by atoms with Crippen molar-refractivity contribution in [3.05, 3.63) is 74.6 Å². The molecule has 0 aliphatic carbocycles. The first kappa shape index (κ1) is 16.8. The van der Waals surface area contributed by atoms with E-state index >= 15 is 0 Å². The van der Waals surface area contributed by atoms with Crippen molar-refractivity contribution in [1.29, 1.82) is 0 Å². The minimum atomic E-state index is -0.572. The first-order valence-electron chi connectivity index (χ1n) is 7.53. The molecular formula is C18H15N3O3S. The topological polar surface area (TPSA) is 85.1 Å². The summed E-state index contributed by atoms with van der Waals surface area (Å²) < 4.78 is 0. The first-order valence-corrected chi connectivity index (χ1v) is 8.41. The molecular weight excluding hydrogens is 338 g/mol. The number of rotatable bonds is 4. The Kier molecular flexibility index (Phi) is 4.58. The molecule has 1 amide bonds. The molecule has 0 spiro atoms. The number of nitro groups is 1. The maximum absolute atomic E-state index is 12.3. The highest BCUT2D eigenvalue weighted by Crippen LogP contribution is 2.27. The van der Waals surface area contributed by atoms with E-state index in [9.17, 15) is 14.9 Å². The molecule has 0 saturated carbocycles. The molecule has 0 aliphatic rings. The molecule has 2 aromatic carbocycles. The predicted octanol–water partition coefficient (Wildman–Crippen LogP) is 4.59. The molecule has 0 fully saturated rings. The number of amides is 1. The smallest absolute Gasteiger partial charge is 0.282 e. The van der Waals surface area contributed by atoms with Gasteiger partial charge < -0.3 is 0 Å². The number of anilines is 1. The lowest BCUT2D eigenvalue weighted by molar-refractivity contribution is -0.385. The van der Waals surface area contributed by atoms with Gasteiger partial charge in [-0.3, -0.25) is 20.2 Å². The molecule has 0 atom stereocenters. The van der Waals surface area contributed by atoms with Gasteiger partial charge in [0.05, 0.1) is 10.6 Å². The van der Waals surface area contributed by atoms with E-state index in [4.69, 9.17) is 0 Å². The zero-order valence-corrected chi connectivity index (χ0v) is 14.5. The Morgan fingerprint density at radius 3 is 2.64 bits per heavy atom. The number of nitro benzene ring substituents is 1. The number of aromatic nitrogens is 1. The maximum atomic E-state index is 12.3. The number of hydrogen-bond acceptors (Lipinski definition) is 5. The molecule has 0 aliphatic heterocycles. The van der Waals surface area contributed by atoms with Gasteiger partial charge in [0, 0.05) is 17.0 Å². The van der Waals surface area contributed by atoms with Gasteiger partial charge in [0.15, 0.2) is 5.13 Å². The van der Waals surface area contributed by atoms with Crippen LogP contribution in [0.3, 0.4) is 0 Å². The molecule has 1 heterocycles. The van der Waals surface area contributed by atoms with Crippen LogP contribution in [0.5, 0.6) is 0 Å². The zero-order valence-electron chi connectivity index (χ0n) is 13.6. The number of carbonyl (C=O) groups is 1. The van der Waals surface area contributed by atoms with Gasteiger partial charge >= 0.3 is 0 Å². The summed E-state index contributed by atoms with van der Waals surface area (Å²) >= 11 is 1.28. The Labute approximate surface area is 148 Å². The molecule has 3 aromatic rings. The van der Waals surface area contributed by atoms with Gasteiger partial charge in [-0.1, -0.05) is 24.3 Å². The van der Waals surface area contributed by atoms with Crippen molar-refractivity contribution in [2.75, 3.05) is 5.32 Å². The normalized spacial score (nSPS) is 10.5. The lowest BCUT2D eigenvalue weighted by Crippen LogP contribution is -2.13. The van der Waals surface area contributed by atoms with Gasteiger partial charge in [0.25, 0.3) is 11.6 Å². The summed E-state index contributed by atoms with van der Waals surface area (Å²) in [4.78, 5) is 27.2. The lowest BCUT2D eigenvalue weighted by atomic mass is 10.1. The molecule has 1 N–H and O–H groups in total. The van der Waals surface area contributed by atoms with Crippen LogP contribution in [0.2, 0.25) is 0 Å². The van der Waals surface area contributed by atoms with E-state index in [0.29, 0.717) is 5.13 Å². The second-order valence-corrected chi connectivity index (χ2v) is 6.42. The number of para-hydroxylation sites is 1. The second-order valence-electron chi connectivity index (χ2n) is 5.57. The fraction of sp³-hybridized carbons (Fsp3) is 0.111. The Bertz CT molecular complexity index is 966. The van der Waals surface area contributed by atoms with Crippen molar-refractivity contribution in [1.82, 2.24) is 4.98 Å². The standard InChI is InChI=1S/C18H15N3O3S/c1-11-7-8-13(9-12(11)2)15-10-25-18(19-15)20-17(22)14-5-3-4-6-16(14)21(23)24/h3-10H,1-2H3,(H,19,20,22). The number of benzene rings is 2. The van der Waals surface area contributed by atoms with Crippen LogP contribution in [-0.2, 0) is 0 Å². The lowest BCUT2D eigenvalue weighted by Gasteiger charge is -2.03. The van der Waals surface area contributed by atoms with E-state index in [1.54, 1.807) is 6.07 Å². The molecule has 25 heavy (non-hydrogen) atoms. The summed E-state index contributed by atoms with van der Waals surface area (Å²) in [5, 5.41) is 15.9. The molecule has 3 rings (SSSR count). The van der Waals surface area contributed by atoms with Crippen LogP contribution in [0, 0.1) is 24.0 Å². The number of thiazole rings is 1. The number of aryl methyl sites for hydroxylation is 2. The van der Waals surface area contributed by atoms with Crippen molar-refractivity contribution < 1.29 is 9.72 Å². The average molecular weight is 353 g/mol. The van der Waals surface area contributed by atoms with Crippen molar-refractivity contribution in [2.24, 2.45) is 0 Å². The zero-order chi connectivity index (χ0) is 18.0. The Morgan fingerprint density at radius 2 is 1.92 bits per heavy atom. The van der Waals surface area contributed by atoms with Crippen LogP contribution < -0.4 is 5.32 Å². The van der Waals surface area contributed by atoms with E-state index < -0.39 is 10.8 Å². The van der Waals surface area contributed by atoms with Gasteiger partial charge in [0.2, 0.25) is 0 Å². The molecule has 7 heteroatoms. The number of hydrogen-bond donors (Lipinski definition) is 1.